The van der Waals surface area contributed by atoms with Gasteiger partial charge in [0.1, 0.15) is 5.75 Å². The molecule has 1 fully saturated rings. The molecule has 0 aliphatic carbocycles. The first kappa shape index (κ1) is 20.4. The number of methoxy groups -OCH3 is 1. The van der Waals surface area contributed by atoms with E-state index in [-0.39, 0.29) is 17.2 Å². The van der Waals surface area contributed by atoms with Crippen molar-refractivity contribution in [1.29, 1.82) is 0 Å². The Balaban J connectivity index is 1.74. The minimum Gasteiger partial charge on any atom is -0.495 e. The van der Waals surface area contributed by atoms with Crippen molar-refractivity contribution >= 4 is 29.0 Å². The Bertz CT molecular complexity index is 833. The number of anilines is 2. The maximum absolute atomic E-state index is 13.0. The Hall–Kier alpha value is -2.34. The second-order valence-electron chi connectivity index (χ2n) is 8.15. The molecule has 7 heteroatoms. The monoisotopic (exact) mass is 402 g/mol. The quantitative estimate of drug-likeness (QED) is 0.826. The van der Waals surface area contributed by atoms with E-state index in [0.717, 1.165) is 30.8 Å². The molecule has 1 N–H and O–H groups in total. The molecule has 0 unspecified atom stereocenters. The van der Waals surface area contributed by atoms with Gasteiger partial charge in [-0.1, -0.05) is 38.4 Å². The van der Waals surface area contributed by atoms with Crippen LogP contribution in [0.3, 0.4) is 0 Å². The molecule has 28 heavy (non-hydrogen) atoms. The van der Waals surface area contributed by atoms with E-state index in [1.165, 1.54) is 0 Å². The first-order valence-electron chi connectivity index (χ1n) is 9.51. The van der Waals surface area contributed by atoms with Crippen LogP contribution in [-0.4, -0.2) is 36.3 Å². The molecule has 1 aliphatic rings. The van der Waals surface area contributed by atoms with Crippen molar-refractivity contribution in [3.05, 3.63) is 41.0 Å². The van der Waals surface area contributed by atoms with E-state index in [0.29, 0.717) is 23.1 Å². The molecule has 2 aromatic rings. The van der Waals surface area contributed by atoms with E-state index in [1.807, 2.05) is 24.3 Å². The summed E-state index contributed by atoms with van der Waals surface area (Å²) in [4.78, 5) is 15.1. The Kier molecular flexibility index (Phi) is 6.08. The number of ether oxygens (including phenoxy) is 1. The fourth-order valence-electron chi connectivity index (χ4n) is 3.38. The Labute approximate surface area is 171 Å². The molecule has 1 amide bonds. The zero-order valence-corrected chi connectivity index (χ0v) is 17.6. The summed E-state index contributed by atoms with van der Waals surface area (Å²) < 4.78 is 5.45. The standard InChI is InChI=1S/C21H27ClN4O2/c1-21(2,3)15-7-8-17(28-4)16(12-15)23-20(27)14-6-5-11-26(13-14)19-10-9-18(22)24-25-19/h7-10,12,14H,5-6,11,13H2,1-4H3,(H,23,27)/t14-/m0/s1. The fourth-order valence-corrected chi connectivity index (χ4v) is 3.48. The van der Waals surface area contributed by atoms with Gasteiger partial charge in [0.05, 0.1) is 18.7 Å². The zero-order chi connectivity index (χ0) is 20.3. The number of halogens is 1. The Morgan fingerprint density at radius 2 is 2.04 bits per heavy atom. The third-order valence-electron chi connectivity index (χ3n) is 5.06. The molecule has 1 aromatic heterocycles. The molecule has 1 atom stereocenters. The second kappa shape index (κ2) is 8.35. The lowest BCUT2D eigenvalue weighted by atomic mass is 9.86. The van der Waals surface area contributed by atoms with Crippen molar-refractivity contribution in [3.63, 3.8) is 0 Å². The number of piperidine rings is 1. The van der Waals surface area contributed by atoms with Gasteiger partial charge in [0.2, 0.25) is 5.91 Å². The lowest BCUT2D eigenvalue weighted by Gasteiger charge is -2.32. The second-order valence-corrected chi connectivity index (χ2v) is 8.54. The van der Waals surface area contributed by atoms with E-state index < -0.39 is 0 Å². The van der Waals surface area contributed by atoms with Crippen LogP contribution in [0, 0.1) is 5.92 Å². The number of hydrogen-bond acceptors (Lipinski definition) is 5. The predicted octanol–water partition coefficient (Wildman–Crippen LogP) is 4.29. The highest BCUT2D eigenvalue weighted by atomic mass is 35.5. The fraction of sp³-hybridized carbons (Fsp3) is 0.476. The summed E-state index contributed by atoms with van der Waals surface area (Å²) in [7, 11) is 1.61. The van der Waals surface area contributed by atoms with E-state index in [2.05, 4.69) is 41.2 Å². The summed E-state index contributed by atoms with van der Waals surface area (Å²) in [5, 5.41) is 11.5. The first-order valence-corrected chi connectivity index (χ1v) is 9.89. The van der Waals surface area contributed by atoms with E-state index in [1.54, 1.807) is 13.2 Å². The molecule has 1 saturated heterocycles. The molecule has 1 aromatic carbocycles. The van der Waals surface area contributed by atoms with E-state index in [9.17, 15) is 4.79 Å². The Morgan fingerprint density at radius 1 is 1.25 bits per heavy atom. The van der Waals surface area contributed by atoms with Crippen LogP contribution >= 0.6 is 11.6 Å². The molecule has 150 valence electrons. The van der Waals surface area contributed by atoms with Crippen molar-refractivity contribution in [3.8, 4) is 5.75 Å². The van der Waals surface area contributed by atoms with Crippen LogP contribution in [0.1, 0.15) is 39.2 Å². The predicted molar refractivity (Wildman–Crippen MR) is 112 cm³/mol. The summed E-state index contributed by atoms with van der Waals surface area (Å²) >= 11 is 5.83. The summed E-state index contributed by atoms with van der Waals surface area (Å²) in [6, 6.07) is 9.51. The summed E-state index contributed by atoms with van der Waals surface area (Å²) in [5.41, 5.74) is 1.84. The van der Waals surface area contributed by atoms with Crippen LogP contribution < -0.4 is 15.0 Å². The average Bonchev–Trinajstić information content (AvgIpc) is 2.68. The summed E-state index contributed by atoms with van der Waals surface area (Å²) in [6.07, 6.45) is 1.76. The minimum absolute atomic E-state index is 0.00372. The number of rotatable bonds is 4. The lowest BCUT2D eigenvalue weighted by molar-refractivity contribution is -0.120. The average molecular weight is 403 g/mol. The Morgan fingerprint density at radius 3 is 2.68 bits per heavy atom. The van der Waals surface area contributed by atoms with Gasteiger partial charge in [-0.2, -0.15) is 0 Å². The topological polar surface area (TPSA) is 67.3 Å². The molecule has 6 nitrogen and oxygen atoms in total. The van der Waals surface area contributed by atoms with E-state index >= 15 is 0 Å². The molecule has 0 radical (unpaired) electrons. The molecular formula is C21H27ClN4O2. The number of benzene rings is 1. The van der Waals surface area contributed by atoms with Crippen molar-refractivity contribution in [2.45, 2.75) is 39.0 Å². The van der Waals surface area contributed by atoms with Gasteiger partial charge >= 0.3 is 0 Å². The van der Waals surface area contributed by atoms with E-state index in [4.69, 9.17) is 16.3 Å². The number of hydrogen-bond donors (Lipinski definition) is 1. The minimum atomic E-state index is -0.130. The van der Waals surface area contributed by atoms with Gasteiger partial charge in [0.25, 0.3) is 0 Å². The van der Waals surface area contributed by atoms with Crippen LogP contribution in [0.4, 0.5) is 11.5 Å². The number of carbonyl (C=O) groups is 1. The highest BCUT2D eigenvalue weighted by Gasteiger charge is 2.27. The van der Waals surface area contributed by atoms with Gasteiger partial charge in [-0.05, 0) is 48.1 Å². The highest BCUT2D eigenvalue weighted by molar-refractivity contribution is 6.29. The van der Waals surface area contributed by atoms with Crippen LogP contribution in [0.5, 0.6) is 5.75 Å². The maximum atomic E-state index is 13.0. The normalized spacial score (nSPS) is 17.3. The first-order chi connectivity index (χ1) is 13.3. The third kappa shape index (κ3) is 4.73. The number of carbonyl (C=O) groups excluding carboxylic acids is 1. The lowest BCUT2D eigenvalue weighted by Crippen LogP contribution is -2.41. The number of nitrogens with one attached hydrogen (secondary N) is 1. The number of aromatic nitrogens is 2. The number of amides is 1. The van der Waals surface area contributed by atoms with Gasteiger partial charge < -0.3 is 15.0 Å². The molecule has 1 aliphatic heterocycles. The number of nitrogens with zero attached hydrogens (tertiary/aromatic N) is 3. The smallest absolute Gasteiger partial charge is 0.229 e. The van der Waals surface area contributed by atoms with Crippen LogP contribution in [0.15, 0.2) is 30.3 Å². The molecule has 0 bridgehead atoms. The van der Waals surface area contributed by atoms with Crippen molar-refractivity contribution in [2.24, 2.45) is 5.92 Å². The SMILES string of the molecule is COc1ccc(C(C)(C)C)cc1NC(=O)[C@H]1CCCN(c2ccc(Cl)nn2)C1. The van der Waals surface area contributed by atoms with Gasteiger partial charge in [0, 0.05) is 13.1 Å². The highest BCUT2D eigenvalue weighted by Crippen LogP contribution is 2.32. The largest absolute Gasteiger partial charge is 0.495 e. The van der Waals surface area contributed by atoms with Crippen LogP contribution in [-0.2, 0) is 10.2 Å². The summed E-state index contributed by atoms with van der Waals surface area (Å²) in [5.74, 6) is 1.28. The van der Waals surface area contributed by atoms with Crippen LogP contribution in [0.25, 0.3) is 0 Å². The molecular weight excluding hydrogens is 376 g/mol. The van der Waals surface area contributed by atoms with Crippen molar-refractivity contribution in [1.82, 2.24) is 10.2 Å². The van der Waals surface area contributed by atoms with Gasteiger partial charge in [-0.15, -0.1) is 10.2 Å². The maximum Gasteiger partial charge on any atom is 0.229 e. The molecule has 2 heterocycles. The molecule has 0 saturated carbocycles. The van der Waals surface area contributed by atoms with Gasteiger partial charge in [0.15, 0.2) is 11.0 Å². The van der Waals surface area contributed by atoms with Crippen LogP contribution in [0.2, 0.25) is 5.15 Å². The van der Waals surface area contributed by atoms with Crippen molar-refractivity contribution in [2.75, 3.05) is 30.4 Å². The summed E-state index contributed by atoms with van der Waals surface area (Å²) in [6.45, 7) is 7.89. The zero-order valence-electron chi connectivity index (χ0n) is 16.8. The van der Waals surface area contributed by atoms with Gasteiger partial charge in [-0.3, -0.25) is 4.79 Å². The molecule has 3 rings (SSSR count). The van der Waals surface area contributed by atoms with Gasteiger partial charge in [-0.25, -0.2) is 0 Å². The third-order valence-corrected chi connectivity index (χ3v) is 5.26. The molecule has 0 spiro atoms. The van der Waals surface area contributed by atoms with Crippen molar-refractivity contribution < 1.29 is 9.53 Å².